The van der Waals surface area contributed by atoms with Crippen molar-refractivity contribution in [3.05, 3.63) is 41.1 Å². The third-order valence-electron chi connectivity index (χ3n) is 2.73. The summed E-state index contributed by atoms with van der Waals surface area (Å²) in [7, 11) is 0. The molecular weight excluding hydrogens is 316 g/mol. The number of rotatable bonds is 2. The number of H-pyrrole nitrogens is 1. The highest BCUT2D eigenvalue weighted by Crippen LogP contribution is 2.38. The third-order valence-corrected chi connectivity index (χ3v) is 2.73. The summed E-state index contributed by atoms with van der Waals surface area (Å²) < 4.78 is 76.3. The minimum Gasteiger partial charge on any atom is -0.364 e. The summed E-state index contributed by atoms with van der Waals surface area (Å²) in [4.78, 5) is 10.9. The Kier molecular flexibility index (Phi) is 3.63. The minimum absolute atomic E-state index is 0.00511. The van der Waals surface area contributed by atoms with E-state index in [1.807, 2.05) is 0 Å². The van der Waals surface area contributed by atoms with E-state index in [1.165, 1.54) is 0 Å². The summed E-state index contributed by atoms with van der Waals surface area (Å²) in [5.41, 5.74) is 1.06. The quantitative estimate of drug-likeness (QED) is 0.833. The second-order valence-corrected chi connectivity index (χ2v) is 4.33. The molecule has 0 bridgehead atoms. The van der Waals surface area contributed by atoms with Crippen molar-refractivity contribution >= 4 is 5.91 Å². The maximum Gasteiger partial charge on any atom is 0.416 e. The van der Waals surface area contributed by atoms with Crippen molar-refractivity contribution in [3.63, 3.8) is 0 Å². The van der Waals surface area contributed by atoms with Crippen LogP contribution < -0.4 is 5.73 Å². The van der Waals surface area contributed by atoms with Gasteiger partial charge in [-0.05, 0) is 24.3 Å². The Morgan fingerprint density at radius 3 is 1.82 bits per heavy atom. The van der Waals surface area contributed by atoms with Gasteiger partial charge in [-0.2, -0.15) is 31.4 Å². The summed E-state index contributed by atoms with van der Waals surface area (Å²) in [5, 5.41) is 5.63. The van der Waals surface area contributed by atoms with Gasteiger partial charge in [0, 0.05) is 5.56 Å². The number of hydrogen-bond donors (Lipinski definition) is 2. The third kappa shape index (κ3) is 3.21. The predicted molar refractivity (Wildman–Crippen MR) is 62.5 cm³/mol. The first kappa shape index (κ1) is 15.9. The maximum atomic E-state index is 12.7. The molecule has 4 nitrogen and oxygen atoms in total. The van der Waals surface area contributed by atoms with E-state index in [2.05, 4.69) is 10.2 Å². The lowest BCUT2D eigenvalue weighted by Gasteiger charge is -2.13. The number of halogens is 6. The largest absolute Gasteiger partial charge is 0.416 e. The summed E-state index contributed by atoms with van der Waals surface area (Å²) in [6.45, 7) is 0. The second-order valence-electron chi connectivity index (χ2n) is 4.33. The van der Waals surface area contributed by atoms with Gasteiger partial charge in [-0.1, -0.05) is 0 Å². The van der Waals surface area contributed by atoms with Gasteiger partial charge in [-0.3, -0.25) is 9.89 Å². The van der Waals surface area contributed by atoms with Crippen LogP contribution in [0.15, 0.2) is 24.3 Å². The molecule has 3 N–H and O–H groups in total. The predicted octanol–water partition coefficient (Wildman–Crippen LogP) is 3.21. The first-order valence-corrected chi connectivity index (χ1v) is 5.63. The molecule has 0 saturated heterocycles. The SMILES string of the molecule is NC(=O)c1cc(-c2cc(C(F)(F)F)cc(C(F)(F)F)c2)n[nH]1. The van der Waals surface area contributed by atoms with Crippen LogP contribution in [0.3, 0.4) is 0 Å². The molecule has 22 heavy (non-hydrogen) atoms. The van der Waals surface area contributed by atoms with Gasteiger partial charge in [-0.15, -0.1) is 0 Å². The van der Waals surface area contributed by atoms with E-state index >= 15 is 0 Å². The number of nitrogens with one attached hydrogen (secondary N) is 1. The maximum absolute atomic E-state index is 12.7. The summed E-state index contributed by atoms with van der Waals surface area (Å²) in [6.07, 6.45) is -9.92. The number of carbonyl (C=O) groups is 1. The van der Waals surface area contributed by atoms with Crippen LogP contribution in [0.25, 0.3) is 11.3 Å². The van der Waals surface area contributed by atoms with Crippen LogP contribution >= 0.6 is 0 Å². The van der Waals surface area contributed by atoms with Gasteiger partial charge < -0.3 is 5.73 Å². The zero-order chi connectivity index (χ0) is 16.7. The lowest BCUT2D eigenvalue weighted by atomic mass is 10.0. The number of hydrogen-bond acceptors (Lipinski definition) is 2. The number of nitrogens with zero attached hydrogens (tertiary/aromatic N) is 1. The molecule has 1 aromatic carbocycles. The van der Waals surface area contributed by atoms with Crippen molar-refractivity contribution < 1.29 is 31.1 Å². The summed E-state index contributed by atoms with van der Waals surface area (Å²) >= 11 is 0. The van der Waals surface area contributed by atoms with Gasteiger partial charge in [0.15, 0.2) is 0 Å². The number of nitrogens with two attached hydrogens (primary N) is 1. The summed E-state index contributed by atoms with van der Waals surface area (Å²) in [6, 6.07) is 2.00. The number of alkyl halides is 6. The highest BCUT2D eigenvalue weighted by molar-refractivity contribution is 5.91. The molecule has 0 aliphatic rings. The highest BCUT2D eigenvalue weighted by Gasteiger charge is 2.37. The van der Waals surface area contributed by atoms with Crippen LogP contribution in [0.2, 0.25) is 0 Å². The molecule has 0 unspecified atom stereocenters. The van der Waals surface area contributed by atoms with Crippen LogP contribution in [-0.2, 0) is 12.4 Å². The van der Waals surface area contributed by atoms with Crippen molar-refractivity contribution in [1.29, 1.82) is 0 Å². The van der Waals surface area contributed by atoms with E-state index in [0.717, 1.165) is 6.07 Å². The molecule has 10 heteroatoms. The van der Waals surface area contributed by atoms with Crippen LogP contribution in [0.5, 0.6) is 0 Å². The highest BCUT2D eigenvalue weighted by atomic mass is 19.4. The molecule has 0 fully saturated rings. The molecule has 118 valence electrons. The van der Waals surface area contributed by atoms with Gasteiger partial charge >= 0.3 is 12.4 Å². The lowest BCUT2D eigenvalue weighted by molar-refractivity contribution is -0.143. The molecule has 2 aromatic rings. The van der Waals surface area contributed by atoms with E-state index in [4.69, 9.17) is 5.73 Å². The van der Waals surface area contributed by atoms with Crippen LogP contribution in [0.1, 0.15) is 21.6 Å². The van der Waals surface area contributed by atoms with Gasteiger partial charge in [0.05, 0.1) is 16.8 Å². The van der Waals surface area contributed by atoms with E-state index < -0.39 is 35.0 Å². The fourth-order valence-corrected chi connectivity index (χ4v) is 1.70. The standard InChI is InChI=1S/C12H7F6N3O/c13-11(14,15)6-1-5(2-7(3-6)12(16,17)18)8-4-9(10(19)22)21-20-8/h1-4H,(H2,19,22)(H,20,21). The Morgan fingerprint density at radius 1 is 0.955 bits per heavy atom. The van der Waals surface area contributed by atoms with Gasteiger partial charge in [-0.25, -0.2) is 0 Å². The van der Waals surface area contributed by atoms with Crippen LogP contribution in [-0.4, -0.2) is 16.1 Å². The topological polar surface area (TPSA) is 71.8 Å². The minimum atomic E-state index is -4.96. The van der Waals surface area contributed by atoms with Crippen molar-refractivity contribution in [2.45, 2.75) is 12.4 Å². The Hall–Kier alpha value is -2.52. The monoisotopic (exact) mass is 323 g/mol. The molecule has 0 radical (unpaired) electrons. The molecule has 0 atom stereocenters. The van der Waals surface area contributed by atoms with E-state index in [-0.39, 0.29) is 17.5 Å². The fourth-order valence-electron chi connectivity index (χ4n) is 1.70. The molecule has 0 spiro atoms. The van der Waals surface area contributed by atoms with E-state index in [9.17, 15) is 31.1 Å². The zero-order valence-corrected chi connectivity index (χ0v) is 10.5. The molecule has 0 saturated carbocycles. The molecule has 2 rings (SSSR count). The average Bonchev–Trinajstić information content (AvgIpc) is 2.85. The van der Waals surface area contributed by atoms with Crippen LogP contribution in [0.4, 0.5) is 26.3 Å². The Labute approximate surface area is 118 Å². The van der Waals surface area contributed by atoms with Crippen molar-refractivity contribution in [2.24, 2.45) is 5.73 Å². The van der Waals surface area contributed by atoms with Crippen molar-refractivity contribution in [2.75, 3.05) is 0 Å². The molecular formula is C12H7F6N3O. The van der Waals surface area contributed by atoms with Gasteiger partial charge in [0.2, 0.25) is 0 Å². The fraction of sp³-hybridized carbons (Fsp3) is 0.167. The van der Waals surface area contributed by atoms with Crippen molar-refractivity contribution in [1.82, 2.24) is 10.2 Å². The Balaban J connectivity index is 2.61. The average molecular weight is 323 g/mol. The van der Waals surface area contributed by atoms with E-state index in [0.29, 0.717) is 12.1 Å². The number of aromatic amines is 1. The first-order chi connectivity index (χ1) is 9.98. The van der Waals surface area contributed by atoms with E-state index in [1.54, 1.807) is 0 Å². The molecule has 0 aliphatic heterocycles. The Morgan fingerprint density at radius 2 is 1.45 bits per heavy atom. The smallest absolute Gasteiger partial charge is 0.364 e. The molecule has 0 aliphatic carbocycles. The number of carbonyl (C=O) groups excluding carboxylic acids is 1. The molecule has 1 amide bonds. The number of benzene rings is 1. The molecule has 1 aromatic heterocycles. The summed E-state index contributed by atoms with van der Waals surface area (Å²) in [5.74, 6) is -0.943. The van der Waals surface area contributed by atoms with Crippen molar-refractivity contribution in [3.8, 4) is 11.3 Å². The zero-order valence-electron chi connectivity index (χ0n) is 10.5. The number of primary amides is 1. The molecule has 1 heterocycles. The van der Waals surface area contributed by atoms with Crippen LogP contribution in [0, 0.1) is 0 Å². The number of amides is 1. The normalized spacial score (nSPS) is 12.5. The Bertz CT molecular complexity index is 684. The van der Waals surface area contributed by atoms with Gasteiger partial charge in [0.1, 0.15) is 5.69 Å². The lowest BCUT2D eigenvalue weighted by Crippen LogP contribution is -2.11. The second kappa shape index (κ2) is 5.04. The first-order valence-electron chi connectivity index (χ1n) is 5.63. The number of aromatic nitrogens is 2. The van der Waals surface area contributed by atoms with Gasteiger partial charge in [0.25, 0.3) is 5.91 Å².